The maximum Gasteiger partial charge on any atom is 0.418 e. The van der Waals surface area contributed by atoms with Gasteiger partial charge in [-0.3, -0.25) is 0 Å². The number of oxime groups is 2. The molecule has 48 heavy (non-hydrogen) atoms. The lowest BCUT2D eigenvalue weighted by Gasteiger charge is -2.51. The van der Waals surface area contributed by atoms with Gasteiger partial charge in [0.15, 0.2) is 0 Å². The number of hydrogen-bond acceptors (Lipinski definition) is 12. The van der Waals surface area contributed by atoms with Crippen LogP contribution < -0.4 is 11.5 Å². The SMILES string of the molecule is C[C@]12CC[C@H](C=CCCO)C[C@@]1(OC(=O)C(=O)O[C@]13CC[C@H](C=NOCCN)[C@@]1(C)CC[C@H](C=CCCO)C3)CC[C@@H]2C=NOCCN. The van der Waals surface area contributed by atoms with Gasteiger partial charge in [-0.1, -0.05) is 48.5 Å². The molecule has 0 amide bonds. The number of aliphatic hydroxyl groups is 2. The van der Waals surface area contributed by atoms with E-state index in [2.05, 4.69) is 36.3 Å². The van der Waals surface area contributed by atoms with Gasteiger partial charge in [-0.15, -0.1) is 0 Å². The molecule has 270 valence electrons. The van der Waals surface area contributed by atoms with Crippen LogP contribution in [0.15, 0.2) is 34.6 Å². The molecule has 0 heterocycles. The van der Waals surface area contributed by atoms with E-state index in [1.54, 1.807) is 12.4 Å². The second-order valence-corrected chi connectivity index (χ2v) is 14.5. The van der Waals surface area contributed by atoms with Crippen molar-refractivity contribution in [3.63, 3.8) is 0 Å². The van der Waals surface area contributed by atoms with E-state index < -0.39 is 34.0 Å². The van der Waals surface area contributed by atoms with Crippen molar-refractivity contribution < 1.29 is 39.0 Å². The van der Waals surface area contributed by atoms with Gasteiger partial charge >= 0.3 is 11.9 Å². The van der Waals surface area contributed by atoms with Crippen molar-refractivity contribution >= 4 is 24.4 Å². The molecule has 4 saturated carbocycles. The van der Waals surface area contributed by atoms with E-state index in [1.807, 2.05) is 12.2 Å². The Hall–Kier alpha value is -2.80. The molecule has 4 aliphatic carbocycles. The van der Waals surface area contributed by atoms with Gasteiger partial charge < -0.3 is 40.8 Å². The highest BCUT2D eigenvalue weighted by Crippen LogP contribution is 2.62. The summed E-state index contributed by atoms with van der Waals surface area (Å²) in [7, 11) is 0. The van der Waals surface area contributed by atoms with Crippen LogP contribution in [0.1, 0.15) is 90.9 Å². The molecule has 12 nitrogen and oxygen atoms in total. The lowest BCUT2D eigenvalue weighted by molar-refractivity contribution is -0.207. The zero-order valence-electron chi connectivity index (χ0n) is 28.9. The lowest BCUT2D eigenvalue weighted by atomic mass is 9.60. The summed E-state index contributed by atoms with van der Waals surface area (Å²) in [5, 5.41) is 27.0. The van der Waals surface area contributed by atoms with Gasteiger partial charge in [-0.2, -0.15) is 0 Å². The lowest BCUT2D eigenvalue weighted by Crippen LogP contribution is -2.56. The fourth-order valence-electron chi connectivity index (χ4n) is 9.01. The monoisotopic (exact) mass is 674 g/mol. The smallest absolute Gasteiger partial charge is 0.418 e. The first-order chi connectivity index (χ1) is 23.1. The Labute approximate surface area is 285 Å². The number of aliphatic hydroxyl groups excluding tert-OH is 2. The molecular weight excluding hydrogens is 616 g/mol. The number of allylic oxidation sites excluding steroid dienone is 2. The molecule has 8 atom stereocenters. The first kappa shape index (κ1) is 38.0. The Balaban J connectivity index is 1.57. The summed E-state index contributed by atoms with van der Waals surface area (Å²) in [6.45, 7) is 5.74. The van der Waals surface area contributed by atoms with Gasteiger partial charge in [0.2, 0.25) is 0 Å². The van der Waals surface area contributed by atoms with E-state index in [9.17, 15) is 19.8 Å². The molecule has 12 heteroatoms. The minimum Gasteiger partial charge on any atom is -0.450 e. The highest BCUT2D eigenvalue weighted by Gasteiger charge is 2.64. The number of nitrogens with two attached hydrogens (primary N) is 2. The fourth-order valence-corrected chi connectivity index (χ4v) is 9.01. The predicted molar refractivity (Wildman–Crippen MR) is 183 cm³/mol. The molecule has 0 saturated heterocycles. The van der Waals surface area contributed by atoms with Crippen molar-refractivity contribution in [3.05, 3.63) is 24.3 Å². The van der Waals surface area contributed by atoms with Crippen molar-refractivity contribution in [1.82, 2.24) is 0 Å². The maximum atomic E-state index is 13.9. The van der Waals surface area contributed by atoms with E-state index in [0.717, 1.165) is 38.5 Å². The molecule has 0 spiro atoms. The number of carbonyl (C=O) groups excluding carboxylic acids is 2. The van der Waals surface area contributed by atoms with Gasteiger partial charge in [0, 0.05) is 61.4 Å². The van der Waals surface area contributed by atoms with Crippen molar-refractivity contribution in [2.75, 3.05) is 39.5 Å². The van der Waals surface area contributed by atoms with Crippen LogP contribution in [0.25, 0.3) is 0 Å². The molecule has 0 aliphatic heterocycles. The molecule has 4 rings (SSSR count). The van der Waals surface area contributed by atoms with Crippen LogP contribution in [0.3, 0.4) is 0 Å². The van der Waals surface area contributed by atoms with E-state index in [-0.39, 0.29) is 36.9 Å². The first-order valence-corrected chi connectivity index (χ1v) is 17.8. The molecule has 0 radical (unpaired) electrons. The summed E-state index contributed by atoms with van der Waals surface area (Å²) in [5.41, 5.74) is 8.40. The molecule has 4 fully saturated rings. The summed E-state index contributed by atoms with van der Waals surface area (Å²) < 4.78 is 12.8. The highest BCUT2D eigenvalue weighted by atomic mass is 16.6. The third kappa shape index (κ3) is 8.14. The van der Waals surface area contributed by atoms with Crippen molar-refractivity contribution in [1.29, 1.82) is 0 Å². The van der Waals surface area contributed by atoms with Crippen LogP contribution in [-0.4, -0.2) is 85.3 Å². The molecule has 0 aromatic carbocycles. The summed E-state index contributed by atoms with van der Waals surface area (Å²) in [5.74, 6) is -1.66. The van der Waals surface area contributed by atoms with Crippen LogP contribution in [0.2, 0.25) is 0 Å². The number of fused-ring (bicyclic) bond motifs is 2. The van der Waals surface area contributed by atoms with Gasteiger partial charge in [0.1, 0.15) is 24.4 Å². The number of hydrogen-bond donors (Lipinski definition) is 4. The summed E-state index contributed by atoms with van der Waals surface area (Å²) in [6.07, 6.45) is 20.0. The second kappa shape index (κ2) is 17.2. The predicted octanol–water partition coefficient (Wildman–Crippen LogP) is 3.78. The highest BCUT2D eigenvalue weighted by molar-refractivity contribution is 6.30. The molecule has 6 N–H and O–H groups in total. The number of rotatable bonds is 16. The van der Waals surface area contributed by atoms with Gasteiger partial charge in [-0.25, -0.2) is 9.59 Å². The third-order valence-electron chi connectivity index (χ3n) is 11.9. The van der Waals surface area contributed by atoms with Gasteiger partial charge in [0.05, 0.1) is 0 Å². The van der Waals surface area contributed by atoms with Crippen molar-refractivity contribution in [3.8, 4) is 0 Å². The molecular formula is C36H58N4O8. The number of esters is 2. The number of carbonyl (C=O) groups is 2. The largest absolute Gasteiger partial charge is 0.450 e. The van der Waals surface area contributed by atoms with E-state index >= 15 is 0 Å². The molecule has 0 aromatic heterocycles. The number of ether oxygens (including phenoxy) is 2. The Morgan fingerprint density at radius 3 is 1.50 bits per heavy atom. The second-order valence-electron chi connectivity index (χ2n) is 14.5. The Kier molecular flexibility index (Phi) is 13.6. The van der Waals surface area contributed by atoms with Crippen LogP contribution in [-0.2, 0) is 28.7 Å². The van der Waals surface area contributed by atoms with Gasteiger partial charge in [0.25, 0.3) is 0 Å². The standard InChI is InChI=1S/C36H58N4O8/c1-33-13-9-27(7-3-5-19-41)23-35(33,15-11-29(33)25-39-45-21-17-37)47-31(43)32(44)48-36-16-12-30(26-40-46-22-18-38)34(36,2)14-10-28(24-36)8-4-6-20-42/h3-4,7-8,25-30,41-42H,5-6,9-24,37-38H2,1-2H3/t27-,28-,29+,30+,33+,34+,35-,36-/m0/s1. The Morgan fingerprint density at radius 2 is 1.12 bits per heavy atom. The summed E-state index contributed by atoms with van der Waals surface area (Å²) in [4.78, 5) is 38.5. The molecule has 0 aromatic rings. The average Bonchev–Trinajstić information content (AvgIpc) is 3.51. The summed E-state index contributed by atoms with van der Waals surface area (Å²) >= 11 is 0. The molecule has 4 aliphatic rings. The van der Waals surface area contributed by atoms with Gasteiger partial charge in [-0.05, 0) is 88.9 Å². The quantitative estimate of drug-likeness (QED) is 0.0468. The normalized spacial score (nSPS) is 36.5. The fraction of sp³-hybridized carbons (Fsp3) is 0.778. The molecule has 0 unspecified atom stereocenters. The van der Waals surface area contributed by atoms with E-state index in [4.69, 9.17) is 30.6 Å². The zero-order valence-corrected chi connectivity index (χ0v) is 28.9. The van der Waals surface area contributed by atoms with Crippen LogP contribution in [0, 0.1) is 34.5 Å². The van der Waals surface area contributed by atoms with Crippen LogP contribution in [0.4, 0.5) is 0 Å². The Bertz CT molecular complexity index is 1100. The molecule has 0 bridgehead atoms. The average molecular weight is 675 g/mol. The first-order valence-electron chi connectivity index (χ1n) is 17.8. The van der Waals surface area contributed by atoms with Crippen molar-refractivity contribution in [2.24, 2.45) is 56.3 Å². The summed E-state index contributed by atoms with van der Waals surface area (Å²) in [6, 6.07) is 0. The third-order valence-corrected chi connectivity index (χ3v) is 11.9. The number of nitrogens with zero attached hydrogens (tertiary/aromatic N) is 2. The van der Waals surface area contributed by atoms with E-state index in [1.165, 1.54) is 0 Å². The van der Waals surface area contributed by atoms with E-state index in [0.29, 0.717) is 64.8 Å². The maximum absolute atomic E-state index is 13.9. The van der Waals surface area contributed by atoms with Crippen LogP contribution in [0.5, 0.6) is 0 Å². The topological polar surface area (TPSA) is 188 Å². The zero-order chi connectivity index (χ0) is 34.7. The minimum absolute atomic E-state index is 0.00970. The Morgan fingerprint density at radius 1 is 0.708 bits per heavy atom. The minimum atomic E-state index is -0.962. The van der Waals surface area contributed by atoms with Crippen molar-refractivity contribution in [2.45, 2.75) is 102 Å². The van der Waals surface area contributed by atoms with Crippen LogP contribution >= 0.6 is 0 Å².